The van der Waals surface area contributed by atoms with Crippen LogP contribution in [0.4, 0.5) is 28.4 Å². The van der Waals surface area contributed by atoms with Crippen molar-refractivity contribution in [1.29, 1.82) is 0 Å². The van der Waals surface area contributed by atoms with E-state index >= 15 is 0 Å². The summed E-state index contributed by atoms with van der Waals surface area (Å²) in [4.78, 5) is 5.62. The molecule has 388 valence electrons. The zero-order valence-electron chi connectivity index (χ0n) is 49.3. The quantitative estimate of drug-likeness (QED) is 0.168. The first kappa shape index (κ1) is 50.1. The second-order valence-corrected chi connectivity index (χ2v) is 31.2. The molecule has 74 heavy (non-hydrogen) atoms. The lowest BCUT2D eigenvalue weighted by molar-refractivity contribution is 0.121. The molecule has 0 radical (unpaired) electrons. The summed E-state index contributed by atoms with van der Waals surface area (Å²) >= 11 is 0. The Morgan fingerprint density at radius 1 is 0.527 bits per heavy atom. The number of allylic oxidation sites excluding steroid dienone is 4. The number of fused-ring (bicyclic) bond motifs is 8. The van der Waals surface area contributed by atoms with Crippen molar-refractivity contribution in [2.24, 2.45) is 16.7 Å². The Bertz CT molecular complexity index is 3260. The molecular formula is C70H89BN2O. The molecule has 1 saturated carbocycles. The van der Waals surface area contributed by atoms with Crippen molar-refractivity contribution in [3.8, 4) is 11.1 Å². The highest BCUT2D eigenvalue weighted by Crippen LogP contribution is 2.62. The summed E-state index contributed by atoms with van der Waals surface area (Å²) in [5, 5.41) is 0. The van der Waals surface area contributed by atoms with Crippen LogP contribution in [0.2, 0.25) is 0 Å². The maximum absolute atomic E-state index is 7.98. The van der Waals surface area contributed by atoms with Gasteiger partial charge < -0.3 is 14.2 Å². The maximum Gasteiger partial charge on any atom is 0.296 e. The summed E-state index contributed by atoms with van der Waals surface area (Å²) in [5.74, 6) is 1.61. The molecule has 0 N–H and O–H groups in total. The minimum Gasteiger partial charge on any atom is -0.472 e. The van der Waals surface area contributed by atoms with Gasteiger partial charge in [0.1, 0.15) is 5.76 Å². The topological polar surface area (TPSA) is 19.6 Å². The SMILES string of the molecule is CC1(C)CCC(C)(C)C2CC3=C(C=C21)B1c2oc4c(c2N(c2ccc5c(c2)C(C)(C)CCC5(C)C)c2cc(C(C)(C)C)cc(c21)N3c1cc2c(cc1-c1ccccc1)C(C)(C)CCC2(C)C)C(C)(C)CCC4(C)C. The smallest absolute Gasteiger partial charge is 0.296 e. The minimum absolute atomic E-state index is 0.0272. The average Bonchev–Trinajstić information content (AvgIpc) is 3.75. The Morgan fingerprint density at radius 3 is 1.69 bits per heavy atom. The lowest BCUT2D eigenvalue weighted by atomic mass is 9.33. The predicted molar refractivity (Wildman–Crippen MR) is 317 cm³/mol. The van der Waals surface area contributed by atoms with Crippen molar-refractivity contribution in [3.63, 3.8) is 0 Å². The van der Waals surface area contributed by atoms with E-state index in [4.69, 9.17) is 4.42 Å². The van der Waals surface area contributed by atoms with Gasteiger partial charge >= 0.3 is 0 Å². The van der Waals surface area contributed by atoms with Gasteiger partial charge in [0.05, 0.1) is 17.0 Å². The maximum atomic E-state index is 7.98. The standard InChI is InChI=1S/C70H89BN2O/c1-62(2,3)43-35-55-58-56(36-43)73(53-40-50-48(65(8,9)29-31-67(50,12)13)38-45(53)42-23-21-20-22-24-42)54-41-51-49(66(10,11)30-32-68(51,14)15)39-52(54)71(58)61-59(57-60(74-61)70(18,19)34-33-69(57,16)17)72(55)44-25-26-46-47(37-44)64(6,7)28-27-63(46,4)5/h20-26,35-40,51H,27-34,41H2,1-19H3. The number of rotatable bonds is 3. The van der Waals surface area contributed by atoms with E-state index in [0.29, 0.717) is 5.92 Å². The molecule has 12 rings (SSSR count). The Kier molecular flexibility index (Phi) is 10.5. The first-order valence-corrected chi connectivity index (χ1v) is 29.1. The van der Waals surface area contributed by atoms with Gasteiger partial charge in [0.15, 0.2) is 0 Å². The summed E-state index contributed by atoms with van der Waals surface area (Å²) in [6, 6.07) is 29.7. The van der Waals surface area contributed by atoms with Gasteiger partial charge in [-0.15, -0.1) is 0 Å². The van der Waals surface area contributed by atoms with Gasteiger partial charge in [-0.2, -0.15) is 0 Å². The monoisotopic (exact) mass is 985 g/mol. The molecule has 1 atom stereocenters. The second kappa shape index (κ2) is 15.5. The van der Waals surface area contributed by atoms with Crippen LogP contribution in [0, 0.1) is 16.7 Å². The molecule has 0 spiro atoms. The molecule has 5 aliphatic carbocycles. The third-order valence-corrected chi connectivity index (χ3v) is 21.3. The van der Waals surface area contributed by atoms with Gasteiger partial charge in [0.2, 0.25) is 0 Å². The zero-order chi connectivity index (χ0) is 53.0. The van der Waals surface area contributed by atoms with Crippen molar-refractivity contribution in [3.05, 3.63) is 135 Å². The number of benzene rings is 4. The third kappa shape index (κ3) is 7.23. The Morgan fingerprint density at radius 2 is 1.07 bits per heavy atom. The van der Waals surface area contributed by atoms with Crippen LogP contribution >= 0.6 is 0 Å². The molecule has 0 saturated heterocycles. The molecule has 1 unspecified atom stereocenters. The summed E-state index contributed by atoms with van der Waals surface area (Å²) in [6.07, 6.45) is 13.1. The van der Waals surface area contributed by atoms with Crippen LogP contribution in [0.25, 0.3) is 11.1 Å². The molecule has 0 bridgehead atoms. The normalized spacial score (nSPS) is 24.6. The fourth-order valence-electron chi connectivity index (χ4n) is 15.7. The molecule has 4 aromatic carbocycles. The van der Waals surface area contributed by atoms with Crippen LogP contribution in [0.5, 0.6) is 0 Å². The highest BCUT2D eigenvalue weighted by atomic mass is 16.3. The first-order valence-electron chi connectivity index (χ1n) is 29.1. The van der Waals surface area contributed by atoms with Crippen molar-refractivity contribution in [2.75, 3.05) is 9.80 Å². The lowest BCUT2D eigenvalue weighted by Gasteiger charge is -2.54. The molecule has 0 amide bonds. The fourth-order valence-corrected chi connectivity index (χ4v) is 15.7. The van der Waals surface area contributed by atoms with E-state index in [2.05, 4.69) is 220 Å². The van der Waals surface area contributed by atoms with Crippen molar-refractivity contribution >= 4 is 46.3 Å². The van der Waals surface area contributed by atoms with Crippen LogP contribution in [0.15, 0.2) is 100 Å². The van der Waals surface area contributed by atoms with Crippen LogP contribution < -0.4 is 20.9 Å². The summed E-state index contributed by atoms with van der Waals surface area (Å²) < 4.78 is 7.98. The Balaban J connectivity index is 1.26. The first-order chi connectivity index (χ1) is 34.3. The Labute approximate surface area is 448 Å². The minimum atomic E-state index is -0.134. The van der Waals surface area contributed by atoms with Crippen LogP contribution in [-0.2, 0) is 37.9 Å². The number of nitrogens with zero attached hydrogens (tertiary/aromatic N) is 2. The molecular weight excluding hydrogens is 896 g/mol. The van der Waals surface area contributed by atoms with Gasteiger partial charge in [0.25, 0.3) is 6.71 Å². The van der Waals surface area contributed by atoms with Gasteiger partial charge in [-0.3, -0.25) is 0 Å². The summed E-state index contributed by atoms with van der Waals surface area (Å²) in [6.45, 7) is 47.3. The molecule has 3 heterocycles. The van der Waals surface area contributed by atoms with Crippen LogP contribution in [0.3, 0.4) is 0 Å². The molecule has 1 aromatic heterocycles. The van der Waals surface area contributed by atoms with Crippen LogP contribution in [-0.4, -0.2) is 6.71 Å². The van der Waals surface area contributed by atoms with Crippen molar-refractivity contribution < 1.29 is 4.42 Å². The van der Waals surface area contributed by atoms with Crippen LogP contribution in [0.1, 0.15) is 228 Å². The van der Waals surface area contributed by atoms with Crippen molar-refractivity contribution in [1.82, 2.24) is 0 Å². The summed E-state index contributed by atoms with van der Waals surface area (Å²) in [7, 11) is 0. The van der Waals surface area contributed by atoms with E-state index in [1.54, 1.807) is 5.57 Å². The highest BCUT2D eigenvalue weighted by Gasteiger charge is 2.56. The van der Waals surface area contributed by atoms with Gasteiger partial charge in [0, 0.05) is 39.3 Å². The molecule has 1 fully saturated rings. The van der Waals surface area contributed by atoms with Gasteiger partial charge in [-0.25, -0.2) is 0 Å². The van der Waals surface area contributed by atoms with E-state index in [1.807, 2.05) is 0 Å². The lowest BCUT2D eigenvalue weighted by Crippen LogP contribution is -2.57. The second-order valence-electron chi connectivity index (χ2n) is 31.2. The molecule has 5 aromatic rings. The average molecular weight is 985 g/mol. The van der Waals surface area contributed by atoms with Gasteiger partial charge in [-0.1, -0.05) is 180 Å². The number of hydrogen-bond acceptors (Lipinski definition) is 3. The van der Waals surface area contributed by atoms with E-state index in [-0.39, 0.29) is 55.4 Å². The largest absolute Gasteiger partial charge is 0.472 e. The zero-order valence-corrected chi connectivity index (χ0v) is 49.3. The number of furan rings is 1. The Hall–Kier alpha value is -4.70. The van der Waals surface area contributed by atoms with Gasteiger partial charge in [-0.05, 0) is 188 Å². The van der Waals surface area contributed by atoms with E-state index in [1.165, 1.54) is 134 Å². The molecule has 7 aliphatic rings. The van der Waals surface area contributed by atoms with Crippen molar-refractivity contribution in [2.45, 2.75) is 227 Å². The third-order valence-electron chi connectivity index (χ3n) is 21.3. The molecule has 2 aliphatic heterocycles. The number of hydrogen-bond donors (Lipinski definition) is 0. The predicted octanol–water partition coefficient (Wildman–Crippen LogP) is 18.4. The fraction of sp³-hybridized carbons (Fsp3) is 0.543. The number of anilines is 5. The van der Waals surface area contributed by atoms with E-state index in [9.17, 15) is 0 Å². The van der Waals surface area contributed by atoms with E-state index < -0.39 is 0 Å². The summed E-state index contributed by atoms with van der Waals surface area (Å²) in [5.41, 5.74) is 25.2. The van der Waals surface area contributed by atoms with E-state index in [0.717, 1.165) is 24.9 Å². The molecule has 4 heteroatoms. The highest BCUT2D eigenvalue weighted by molar-refractivity contribution is 6.95. The molecule has 3 nitrogen and oxygen atoms in total.